The first-order valence-corrected chi connectivity index (χ1v) is 6.03. The molecule has 6 heteroatoms. The zero-order valence-corrected chi connectivity index (χ0v) is 9.99. The first kappa shape index (κ1) is 12.1. The molecule has 0 unspecified atom stereocenters. The third-order valence-corrected chi connectivity index (χ3v) is 3.19. The van der Waals surface area contributed by atoms with Crippen LogP contribution in [0.15, 0.2) is 23.6 Å². The van der Waals surface area contributed by atoms with Crippen molar-refractivity contribution in [2.24, 2.45) is 0 Å². The highest BCUT2D eigenvalue weighted by atomic mass is 35.5. The third kappa shape index (κ3) is 2.50. The molecule has 2 nitrogen and oxygen atoms in total. The number of Topliss-reactive ketones (excluding diaryl/α,β-unsaturated/α-hetero) is 1. The molecule has 1 aromatic heterocycles. The number of carbonyl (C=O) groups is 1. The minimum absolute atomic E-state index is 0.171. The van der Waals surface area contributed by atoms with Crippen LogP contribution in [0.5, 0.6) is 0 Å². The first-order valence-electron chi connectivity index (χ1n) is 4.62. The SMILES string of the molecule is O=C(CCl)c1csc(-c2ccc(F)cc2F)n1. The van der Waals surface area contributed by atoms with E-state index in [9.17, 15) is 13.6 Å². The lowest BCUT2D eigenvalue weighted by atomic mass is 10.2. The van der Waals surface area contributed by atoms with Crippen molar-refractivity contribution in [2.45, 2.75) is 0 Å². The summed E-state index contributed by atoms with van der Waals surface area (Å²) in [7, 11) is 0. The lowest BCUT2D eigenvalue weighted by Gasteiger charge is -1.98. The molecule has 0 radical (unpaired) electrons. The molecular weight excluding hydrogens is 268 g/mol. The number of thiazole rings is 1. The molecule has 2 aromatic rings. The molecule has 0 amide bonds. The normalized spacial score (nSPS) is 10.5. The maximum atomic E-state index is 13.4. The van der Waals surface area contributed by atoms with Crippen molar-refractivity contribution in [2.75, 3.05) is 5.88 Å². The third-order valence-electron chi connectivity index (χ3n) is 2.07. The topological polar surface area (TPSA) is 30.0 Å². The Kier molecular flexibility index (Phi) is 3.49. The molecule has 2 rings (SSSR count). The van der Waals surface area contributed by atoms with Crippen LogP contribution in [0.2, 0.25) is 0 Å². The maximum Gasteiger partial charge on any atom is 0.196 e. The second-order valence-electron chi connectivity index (χ2n) is 3.22. The number of carbonyl (C=O) groups excluding carboxylic acids is 1. The molecule has 0 atom stereocenters. The summed E-state index contributed by atoms with van der Waals surface area (Å²) >= 11 is 6.50. The Bertz CT molecular complexity index is 570. The molecule has 0 bridgehead atoms. The van der Waals surface area contributed by atoms with Gasteiger partial charge in [-0.15, -0.1) is 22.9 Å². The highest BCUT2D eigenvalue weighted by Gasteiger charge is 2.13. The van der Waals surface area contributed by atoms with Gasteiger partial charge in [0.05, 0.1) is 5.88 Å². The Labute approximate surface area is 105 Å². The van der Waals surface area contributed by atoms with E-state index in [1.807, 2.05) is 0 Å². The molecule has 0 spiro atoms. The number of alkyl halides is 1. The molecule has 1 aromatic carbocycles. The first-order chi connectivity index (χ1) is 8.11. The highest BCUT2D eigenvalue weighted by Crippen LogP contribution is 2.26. The second kappa shape index (κ2) is 4.89. The largest absolute Gasteiger partial charge is 0.291 e. The Balaban J connectivity index is 2.40. The van der Waals surface area contributed by atoms with E-state index in [0.29, 0.717) is 5.01 Å². The zero-order valence-electron chi connectivity index (χ0n) is 8.41. The summed E-state index contributed by atoms with van der Waals surface area (Å²) in [6.45, 7) is 0. The minimum atomic E-state index is -0.704. The van der Waals surface area contributed by atoms with E-state index < -0.39 is 11.6 Å². The molecule has 88 valence electrons. The highest BCUT2D eigenvalue weighted by molar-refractivity contribution is 7.13. The Morgan fingerprint density at radius 2 is 2.18 bits per heavy atom. The fraction of sp³-hybridized carbons (Fsp3) is 0.0909. The van der Waals surface area contributed by atoms with Gasteiger partial charge in [0.25, 0.3) is 0 Å². The van der Waals surface area contributed by atoms with Gasteiger partial charge in [-0.05, 0) is 12.1 Å². The molecule has 0 aliphatic carbocycles. The summed E-state index contributed by atoms with van der Waals surface area (Å²) < 4.78 is 26.2. The fourth-order valence-electron chi connectivity index (χ4n) is 1.26. The average Bonchev–Trinajstić information content (AvgIpc) is 2.77. The van der Waals surface area contributed by atoms with Crippen molar-refractivity contribution in [1.29, 1.82) is 0 Å². The van der Waals surface area contributed by atoms with E-state index >= 15 is 0 Å². The van der Waals surface area contributed by atoms with Crippen molar-refractivity contribution >= 4 is 28.7 Å². The predicted octanol–water partition coefficient (Wildman–Crippen LogP) is 3.51. The summed E-state index contributed by atoms with van der Waals surface area (Å²) in [5.74, 6) is -1.85. The quantitative estimate of drug-likeness (QED) is 0.633. The Morgan fingerprint density at radius 3 is 2.82 bits per heavy atom. The van der Waals surface area contributed by atoms with Gasteiger partial charge < -0.3 is 0 Å². The van der Waals surface area contributed by atoms with Crippen LogP contribution in [0.1, 0.15) is 10.5 Å². The van der Waals surface area contributed by atoms with E-state index in [2.05, 4.69) is 4.98 Å². The Morgan fingerprint density at radius 1 is 1.41 bits per heavy atom. The number of hydrogen-bond acceptors (Lipinski definition) is 3. The van der Waals surface area contributed by atoms with Crippen LogP contribution >= 0.6 is 22.9 Å². The van der Waals surface area contributed by atoms with Crippen LogP contribution in [0.25, 0.3) is 10.6 Å². The summed E-state index contributed by atoms with van der Waals surface area (Å²) in [4.78, 5) is 15.2. The maximum absolute atomic E-state index is 13.4. The number of nitrogens with zero attached hydrogens (tertiary/aromatic N) is 1. The number of benzene rings is 1. The van der Waals surface area contributed by atoms with Gasteiger partial charge in [-0.1, -0.05) is 0 Å². The molecule has 0 aliphatic heterocycles. The number of rotatable bonds is 3. The smallest absolute Gasteiger partial charge is 0.196 e. The summed E-state index contributed by atoms with van der Waals surface area (Å²) in [5, 5.41) is 1.83. The average molecular weight is 274 g/mol. The van der Waals surface area contributed by atoms with Crippen LogP contribution in [0, 0.1) is 11.6 Å². The van der Waals surface area contributed by atoms with Crippen LogP contribution in [-0.4, -0.2) is 16.6 Å². The van der Waals surface area contributed by atoms with Crippen molar-refractivity contribution < 1.29 is 13.6 Å². The van der Waals surface area contributed by atoms with Gasteiger partial charge in [0.2, 0.25) is 0 Å². The van der Waals surface area contributed by atoms with Crippen molar-refractivity contribution in [3.8, 4) is 10.6 Å². The number of hydrogen-bond donors (Lipinski definition) is 0. The summed E-state index contributed by atoms with van der Waals surface area (Å²) in [5.41, 5.74) is 0.369. The van der Waals surface area contributed by atoms with E-state index in [1.54, 1.807) is 0 Å². The minimum Gasteiger partial charge on any atom is -0.291 e. The summed E-state index contributed by atoms with van der Waals surface area (Å²) in [6.07, 6.45) is 0. The van der Waals surface area contributed by atoms with Gasteiger partial charge in [0.15, 0.2) is 5.78 Å². The predicted molar refractivity (Wildman–Crippen MR) is 62.5 cm³/mol. The molecule has 0 saturated carbocycles. The van der Waals surface area contributed by atoms with Crippen LogP contribution in [0.3, 0.4) is 0 Å². The zero-order chi connectivity index (χ0) is 12.4. The van der Waals surface area contributed by atoms with Crippen LogP contribution in [-0.2, 0) is 0 Å². The Hall–Kier alpha value is -1.33. The van der Waals surface area contributed by atoms with Crippen molar-refractivity contribution in [3.05, 3.63) is 40.9 Å². The van der Waals surface area contributed by atoms with Gasteiger partial charge in [-0.2, -0.15) is 0 Å². The van der Waals surface area contributed by atoms with Crippen molar-refractivity contribution in [1.82, 2.24) is 4.98 Å². The monoisotopic (exact) mass is 273 g/mol. The number of ketones is 1. The van der Waals surface area contributed by atoms with Gasteiger partial charge >= 0.3 is 0 Å². The molecule has 17 heavy (non-hydrogen) atoms. The standard InChI is InChI=1S/C11H6ClF2NOS/c12-4-10(16)9-5-17-11(15-9)7-2-1-6(13)3-8(7)14/h1-3,5H,4H2. The second-order valence-corrected chi connectivity index (χ2v) is 4.34. The lowest BCUT2D eigenvalue weighted by Crippen LogP contribution is -2.00. The van der Waals surface area contributed by atoms with Gasteiger partial charge in [0, 0.05) is 17.0 Å². The fourth-order valence-corrected chi connectivity index (χ4v) is 2.24. The molecule has 0 N–H and O–H groups in total. The molecule has 0 saturated heterocycles. The van der Waals surface area contributed by atoms with Gasteiger partial charge in [0.1, 0.15) is 22.3 Å². The molecular formula is C11H6ClF2NOS. The van der Waals surface area contributed by atoms with E-state index in [1.165, 1.54) is 11.4 Å². The molecule has 0 fully saturated rings. The number of halogens is 3. The van der Waals surface area contributed by atoms with Crippen LogP contribution < -0.4 is 0 Å². The summed E-state index contributed by atoms with van der Waals surface area (Å²) in [6, 6.07) is 3.21. The molecule has 0 aliphatic rings. The molecule has 1 heterocycles. The van der Waals surface area contributed by atoms with Crippen LogP contribution in [0.4, 0.5) is 8.78 Å². The van der Waals surface area contributed by atoms with Crippen molar-refractivity contribution in [3.63, 3.8) is 0 Å². The van der Waals surface area contributed by atoms with Gasteiger partial charge in [-0.3, -0.25) is 4.79 Å². The van der Waals surface area contributed by atoms with Gasteiger partial charge in [-0.25, -0.2) is 13.8 Å². The number of aromatic nitrogens is 1. The van der Waals surface area contributed by atoms with E-state index in [0.717, 1.165) is 23.5 Å². The lowest BCUT2D eigenvalue weighted by molar-refractivity contribution is 0.101. The van der Waals surface area contributed by atoms with E-state index in [4.69, 9.17) is 11.6 Å². The van der Waals surface area contributed by atoms with E-state index in [-0.39, 0.29) is 22.9 Å².